The van der Waals surface area contributed by atoms with Crippen LogP contribution in [0.5, 0.6) is 0 Å². The molecule has 2 nitrogen and oxygen atoms in total. The summed E-state index contributed by atoms with van der Waals surface area (Å²) in [4.78, 5) is 0. The van der Waals surface area contributed by atoms with Gasteiger partial charge in [-0.05, 0) is 18.9 Å². The lowest BCUT2D eigenvalue weighted by Crippen LogP contribution is -2.53. The van der Waals surface area contributed by atoms with Gasteiger partial charge in [0, 0.05) is 18.1 Å². The third-order valence-electron chi connectivity index (χ3n) is 2.52. The van der Waals surface area contributed by atoms with Crippen molar-refractivity contribution in [2.24, 2.45) is 5.73 Å². The van der Waals surface area contributed by atoms with Crippen LogP contribution in [0, 0.1) is 0 Å². The summed E-state index contributed by atoms with van der Waals surface area (Å²) in [7, 11) is 0. The van der Waals surface area contributed by atoms with E-state index >= 15 is 0 Å². The number of nitrogens with two attached hydrogens (primary N) is 1. The Hall–Kier alpha value is -0.860. The maximum Gasteiger partial charge on any atom is 0.0318 e. The van der Waals surface area contributed by atoms with E-state index in [1.165, 1.54) is 5.56 Å². The molecule has 1 rings (SSSR count). The maximum absolute atomic E-state index is 5.84. The van der Waals surface area contributed by atoms with Crippen LogP contribution < -0.4 is 11.1 Å². The zero-order valence-corrected chi connectivity index (χ0v) is 9.96. The Labute approximate surface area is 92.9 Å². The van der Waals surface area contributed by atoms with Crippen LogP contribution in [-0.2, 0) is 6.42 Å². The summed E-state index contributed by atoms with van der Waals surface area (Å²) >= 11 is 0. The van der Waals surface area contributed by atoms with Gasteiger partial charge in [0.1, 0.15) is 0 Å². The predicted octanol–water partition coefficient (Wildman–Crippen LogP) is 1.94. The van der Waals surface area contributed by atoms with Crippen molar-refractivity contribution in [3.05, 3.63) is 35.9 Å². The van der Waals surface area contributed by atoms with E-state index in [0.717, 1.165) is 6.42 Å². The highest BCUT2D eigenvalue weighted by atomic mass is 15.0. The lowest BCUT2D eigenvalue weighted by molar-refractivity contribution is 0.332. The Kier molecular flexibility index (Phi) is 4.30. The summed E-state index contributed by atoms with van der Waals surface area (Å²) in [6.07, 6.45) is 0.975. The van der Waals surface area contributed by atoms with Gasteiger partial charge in [0.05, 0.1) is 0 Å². The lowest BCUT2D eigenvalue weighted by Gasteiger charge is -2.32. The van der Waals surface area contributed by atoms with E-state index in [1.54, 1.807) is 0 Å². The molecule has 1 atom stereocenters. The van der Waals surface area contributed by atoms with Crippen LogP contribution in [0.15, 0.2) is 30.3 Å². The van der Waals surface area contributed by atoms with E-state index in [4.69, 9.17) is 5.73 Å². The van der Waals surface area contributed by atoms with Crippen molar-refractivity contribution in [2.45, 2.75) is 38.8 Å². The first-order valence-corrected chi connectivity index (χ1v) is 5.57. The van der Waals surface area contributed by atoms with Crippen LogP contribution in [0.2, 0.25) is 0 Å². The van der Waals surface area contributed by atoms with Crippen molar-refractivity contribution < 1.29 is 0 Å². The summed E-state index contributed by atoms with van der Waals surface area (Å²) in [5, 5.41) is 3.53. The molecule has 0 aliphatic heterocycles. The monoisotopic (exact) mass is 206 g/mol. The molecule has 1 unspecified atom stereocenters. The van der Waals surface area contributed by atoms with Gasteiger partial charge in [0.25, 0.3) is 0 Å². The van der Waals surface area contributed by atoms with Crippen molar-refractivity contribution in [3.63, 3.8) is 0 Å². The van der Waals surface area contributed by atoms with Crippen LogP contribution in [0.1, 0.15) is 26.3 Å². The molecule has 0 aromatic heterocycles. The summed E-state index contributed by atoms with van der Waals surface area (Å²) in [6, 6.07) is 10.9. The Balaban J connectivity index is 2.68. The predicted molar refractivity (Wildman–Crippen MR) is 65.9 cm³/mol. The van der Waals surface area contributed by atoms with Crippen LogP contribution in [-0.4, -0.2) is 18.1 Å². The fourth-order valence-electron chi connectivity index (χ4n) is 1.93. The SMILES string of the molecule is CC(C)NC(C)(CN)Cc1ccccc1. The highest BCUT2D eigenvalue weighted by Crippen LogP contribution is 2.12. The normalized spacial score (nSPS) is 15.3. The quantitative estimate of drug-likeness (QED) is 0.772. The summed E-state index contributed by atoms with van der Waals surface area (Å²) in [6.45, 7) is 7.14. The van der Waals surface area contributed by atoms with Crippen LogP contribution in [0.3, 0.4) is 0 Å². The van der Waals surface area contributed by atoms with Gasteiger partial charge in [0.2, 0.25) is 0 Å². The number of benzene rings is 1. The Morgan fingerprint density at radius 1 is 1.27 bits per heavy atom. The minimum atomic E-state index is -0.00444. The largest absolute Gasteiger partial charge is 0.329 e. The van der Waals surface area contributed by atoms with Gasteiger partial charge in [-0.15, -0.1) is 0 Å². The average molecular weight is 206 g/mol. The fraction of sp³-hybridized carbons (Fsp3) is 0.538. The lowest BCUT2D eigenvalue weighted by atomic mass is 9.92. The van der Waals surface area contributed by atoms with Gasteiger partial charge in [0.15, 0.2) is 0 Å². The van der Waals surface area contributed by atoms with Gasteiger partial charge >= 0.3 is 0 Å². The maximum atomic E-state index is 5.84. The first-order valence-electron chi connectivity index (χ1n) is 5.57. The van der Waals surface area contributed by atoms with E-state index in [9.17, 15) is 0 Å². The molecule has 3 N–H and O–H groups in total. The highest BCUT2D eigenvalue weighted by molar-refractivity contribution is 5.17. The fourth-order valence-corrected chi connectivity index (χ4v) is 1.93. The highest BCUT2D eigenvalue weighted by Gasteiger charge is 2.22. The smallest absolute Gasteiger partial charge is 0.0318 e. The van der Waals surface area contributed by atoms with Crippen LogP contribution in [0.4, 0.5) is 0 Å². The zero-order valence-electron chi connectivity index (χ0n) is 9.96. The molecule has 1 aromatic rings. The van der Waals surface area contributed by atoms with Gasteiger partial charge in [-0.2, -0.15) is 0 Å². The number of hydrogen-bond donors (Lipinski definition) is 2. The molecule has 84 valence electrons. The molecule has 0 aliphatic rings. The molecule has 0 aliphatic carbocycles. The molecule has 0 spiro atoms. The molecule has 0 amide bonds. The molecule has 0 bridgehead atoms. The summed E-state index contributed by atoms with van der Waals surface area (Å²) < 4.78 is 0. The van der Waals surface area contributed by atoms with Crippen LogP contribution >= 0.6 is 0 Å². The number of nitrogens with one attached hydrogen (secondary N) is 1. The first kappa shape index (κ1) is 12.2. The molecule has 0 heterocycles. The number of rotatable bonds is 5. The molecular formula is C13H22N2. The van der Waals surface area contributed by atoms with E-state index < -0.39 is 0 Å². The van der Waals surface area contributed by atoms with Gasteiger partial charge in [-0.1, -0.05) is 44.2 Å². The van der Waals surface area contributed by atoms with E-state index in [0.29, 0.717) is 12.6 Å². The minimum Gasteiger partial charge on any atom is -0.329 e. The topological polar surface area (TPSA) is 38.0 Å². The molecule has 15 heavy (non-hydrogen) atoms. The Morgan fingerprint density at radius 2 is 1.87 bits per heavy atom. The molecule has 0 saturated heterocycles. The molecular weight excluding hydrogens is 184 g/mol. The second-order valence-electron chi connectivity index (χ2n) is 4.73. The summed E-state index contributed by atoms with van der Waals surface area (Å²) in [5.74, 6) is 0. The minimum absolute atomic E-state index is 0.00444. The third-order valence-corrected chi connectivity index (χ3v) is 2.52. The third kappa shape index (κ3) is 4.02. The Bertz CT molecular complexity index is 282. The standard InChI is InChI=1S/C13H22N2/c1-11(2)15-13(3,10-14)9-12-7-5-4-6-8-12/h4-8,11,15H,9-10,14H2,1-3H3. The van der Waals surface area contributed by atoms with Crippen molar-refractivity contribution in [1.29, 1.82) is 0 Å². The molecule has 0 fully saturated rings. The molecule has 0 radical (unpaired) electrons. The average Bonchev–Trinajstić information content (AvgIpc) is 2.18. The number of hydrogen-bond acceptors (Lipinski definition) is 2. The van der Waals surface area contributed by atoms with Gasteiger partial charge in [-0.25, -0.2) is 0 Å². The Morgan fingerprint density at radius 3 is 2.33 bits per heavy atom. The van der Waals surface area contributed by atoms with Crippen molar-refractivity contribution in [1.82, 2.24) is 5.32 Å². The summed E-state index contributed by atoms with van der Waals surface area (Å²) in [5.41, 5.74) is 7.17. The second-order valence-corrected chi connectivity index (χ2v) is 4.73. The zero-order chi connectivity index (χ0) is 11.3. The van der Waals surface area contributed by atoms with Crippen molar-refractivity contribution in [2.75, 3.05) is 6.54 Å². The van der Waals surface area contributed by atoms with Gasteiger partial charge < -0.3 is 11.1 Å². The first-order chi connectivity index (χ1) is 7.06. The van der Waals surface area contributed by atoms with Gasteiger partial charge in [-0.3, -0.25) is 0 Å². The van der Waals surface area contributed by atoms with E-state index in [1.807, 2.05) is 6.07 Å². The molecule has 2 heteroatoms. The van der Waals surface area contributed by atoms with Crippen molar-refractivity contribution >= 4 is 0 Å². The second kappa shape index (κ2) is 5.29. The molecule has 0 saturated carbocycles. The molecule has 1 aromatic carbocycles. The van der Waals surface area contributed by atoms with Crippen molar-refractivity contribution in [3.8, 4) is 0 Å². The van der Waals surface area contributed by atoms with E-state index in [-0.39, 0.29) is 5.54 Å². The van der Waals surface area contributed by atoms with Crippen LogP contribution in [0.25, 0.3) is 0 Å². The van der Waals surface area contributed by atoms with E-state index in [2.05, 4.69) is 50.4 Å².